The fourth-order valence-corrected chi connectivity index (χ4v) is 2.44. The molecule has 2 aromatic carbocycles. The maximum Gasteiger partial charge on any atom is 0.348 e. The van der Waals surface area contributed by atoms with Crippen molar-refractivity contribution in [2.75, 3.05) is 0 Å². The number of nitrogens with one attached hydrogen (secondary N) is 1. The first kappa shape index (κ1) is 15.7. The van der Waals surface area contributed by atoms with Crippen LogP contribution in [0.15, 0.2) is 41.2 Å². The van der Waals surface area contributed by atoms with Gasteiger partial charge in [-0.05, 0) is 29.8 Å². The van der Waals surface area contributed by atoms with Crippen LogP contribution in [0.4, 0.5) is 4.39 Å². The number of halogens is 3. The highest BCUT2D eigenvalue weighted by Crippen LogP contribution is 2.26. The van der Waals surface area contributed by atoms with Crippen LogP contribution in [0.1, 0.15) is 5.56 Å². The number of aromatic amines is 1. The molecule has 3 rings (SSSR count). The number of H-pyrrole nitrogens is 1. The number of rotatable bonds is 3. The second-order valence-corrected chi connectivity index (χ2v) is 5.62. The summed E-state index contributed by atoms with van der Waals surface area (Å²) in [6.45, 7) is 0.331. The molecule has 3 aromatic rings. The van der Waals surface area contributed by atoms with Gasteiger partial charge in [-0.3, -0.25) is 4.98 Å². The van der Waals surface area contributed by atoms with Crippen LogP contribution in [0.2, 0.25) is 10.0 Å². The Hall–Kier alpha value is -2.15. The fourth-order valence-electron chi connectivity index (χ4n) is 2.12. The maximum absolute atomic E-state index is 13.6. The third kappa shape index (κ3) is 3.01. The molecule has 0 spiro atoms. The summed E-state index contributed by atoms with van der Waals surface area (Å²) in [7, 11) is 0. The zero-order valence-electron chi connectivity index (χ0n) is 11.7. The first-order valence-electron chi connectivity index (χ1n) is 6.63. The zero-order valence-corrected chi connectivity index (χ0v) is 13.2. The molecule has 0 radical (unpaired) electrons. The van der Waals surface area contributed by atoms with E-state index in [4.69, 9.17) is 28.9 Å². The molecule has 8 heteroatoms. The summed E-state index contributed by atoms with van der Waals surface area (Å²) < 4.78 is 14.6. The van der Waals surface area contributed by atoms with Gasteiger partial charge >= 0.3 is 5.69 Å². The van der Waals surface area contributed by atoms with Crippen LogP contribution in [0.25, 0.3) is 17.1 Å². The minimum atomic E-state index is -0.635. The smallest absolute Gasteiger partial charge is 0.326 e. The molecule has 0 bridgehead atoms. The van der Waals surface area contributed by atoms with Crippen LogP contribution in [0.3, 0.4) is 0 Å². The molecule has 0 atom stereocenters. The average molecular weight is 353 g/mol. The highest BCUT2D eigenvalue weighted by molar-refractivity contribution is 6.33. The molecule has 0 saturated carbocycles. The molecule has 0 saturated heterocycles. The first-order valence-corrected chi connectivity index (χ1v) is 7.39. The number of benzene rings is 2. The summed E-state index contributed by atoms with van der Waals surface area (Å²) >= 11 is 11.8. The largest absolute Gasteiger partial charge is 0.348 e. The minimum Gasteiger partial charge on any atom is -0.326 e. The molecule has 0 amide bonds. The van der Waals surface area contributed by atoms with Gasteiger partial charge < -0.3 is 5.73 Å². The highest BCUT2D eigenvalue weighted by Gasteiger charge is 2.13. The molecular formula is C15H11Cl2FN4O. The van der Waals surface area contributed by atoms with E-state index < -0.39 is 11.5 Å². The van der Waals surface area contributed by atoms with Crippen LogP contribution >= 0.6 is 23.2 Å². The van der Waals surface area contributed by atoms with Crippen molar-refractivity contribution in [2.45, 2.75) is 6.54 Å². The van der Waals surface area contributed by atoms with Gasteiger partial charge in [0.05, 0.1) is 15.7 Å². The molecule has 23 heavy (non-hydrogen) atoms. The maximum atomic E-state index is 13.6. The van der Waals surface area contributed by atoms with Gasteiger partial charge in [0, 0.05) is 18.2 Å². The van der Waals surface area contributed by atoms with E-state index in [-0.39, 0.29) is 16.5 Å². The number of hydrogen-bond donors (Lipinski definition) is 2. The van der Waals surface area contributed by atoms with E-state index in [1.54, 1.807) is 18.2 Å². The van der Waals surface area contributed by atoms with Crippen LogP contribution in [-0.4, -0.2) is 14.8 Å². The Labute approximate surface area is 140 Å². The van der Waals surface area contributed by atoms with Gasteiger partial charge in [-0.1, -0.05) is 29.3 Å². The Morgan fingerprint density at radius 1 is 1.17 bits per heavy atom. The van der Waals surface area contributed by atoms with E-state index in [0.29, 0.717) is 17.1 Å². The van der Waals surface area contributed by atoms with Crippen molar-refractivity contribution >= 4 is 23.2 Å². The molecule has 1 aromatic heterocycles. The van der Waals surface area contributed by atoms with Crippen LogP contribution in [0.5, 0.6) is 0 Å². The normalized spacial score (nSPS) is 11.0. The van der Waals surface area contributed by atoms with E-state index in [2.05, 4.69) is 10.1 Å². The fraction of sp³-hybridized carbons (Fsp3) is 0.0667. The van der Waals surface area contributed by atoms with Crippen molar-refractivity contribution in [3.8, 4) is 17.1 Å². The van der Waals surface area contributed by atoms with Gasteiger partial charge in [-0.2, -0.15) is 4.68 Å². The quantitative estimate of drug-likeness (QED) is 0.760. The Kier molecular flexibility index (Phi) is 4.21. The predicted molar refractivity (Wildman–Crippen MR) is 87.5 cm³/mol. The standard InChI is InChI=1S/C15H11Cl2FN4O/c16-11-3-1-8(7-19)5-10(11)14-20-15(23)22(21-14)9-2-4-12(17)13(18)6-9/h1-6H,7,19H2,(H,20,21,23). The molecule has 1 heterocycles. The van der Waals surface area contributed by atoms with Gasteiger partial charge in [0.25, 0.3) is 0 Å². The summed E-state index contributed by atoms with van der Waals surface area (Å²) in [4.78, 5) is 14.7. The topological polar surface area (TPSA) is 76.7 Å². The molecule has 3 N–H and O–H groups in total. The van der Waals surface area contributed by atoms with Crippen molar-refractivity contribution in [1.82, 2.24) is 14.8 Å². The highest BCUT2D eigenvalue weighted by atomic mass is 35.5. The lowest BCUT2D eigenvalue weighted by atomic mass is 10.1. The second kappa shape index (κ2) is 6.16. The third-order valence-corrected chi connectivity index (χ3v) is 3.92. The lowest BCUT2D eigenvalue weighted by Gasteiger charge is -2.03. The summed E-state index contributed by atoms with van der Waals surface area (Å²) in [5, 5.41) is 4.56. The van der Waals surface area contributed by atoms with Gasteiger partial charge in [0.2, 0.25) is 0 Å². The molecule has 5 nitrogen and oxygen atoms in total. The van der Waals surface area contributed by atoms with Crippen molar-refractivity contribution < 1.29 is 4.39 Å². The molecule has 0 aliphatic heterocycles. The summed E-state index contributed by atoms with van der Waals surface area (Å²) in [6, 6.07) is 9.19. The van der Waals surface area contributed by atoms with E-state index in [0.717, 1.165) is 16.3 Å². The first-order chi connectivity index (χ1) is 11.0. The summed E-state index contributed by atoms with van der Waals surface area (Å²) in [6.07, 6.45) is 0. The summed E-state index contributed by atoms with van der Waals surface area (Å²) in [5.74, 6) is -0.366. The van der Waals surface area contributed by atoms with E-state index >= 15 is 0 Å². The Bertz CT molecular complexity index is 935. The molecule has 0 aliphatic rings. The lowest BCUT2D eigenvalue weighted by molar-refractivity contribution is 0.625. The van der Waals surface area contributed by atoms with Crippen molar-refractivity contribution in [3.05, 3.63) is 68.3 Å². The van der Waals surface area contributed by atoms with E-state index in [1.807, 2.05) is 0 Å². The molecule has 0 unspecified atom stereocenters. The molecular weight excluding hydrogens is 342 g/mol. The number of hydrogen-bond acceptors (Lipinski definition) is 3. The average Bonchev–Trinajstić information content (AvgIpc) is 2.92. The second-order valence-electron chi connectivity index (χ2n) is 4.81. The van der Waals surface area contributed by atoms with E-state index in [1.165, 1.54) is 12.1 Å². The van der Waals surface area contributed by atoms with Crippen molar-refractivity contribution in [1.29, 1.82) is 0 Å². The predicted octanol–water partition coefficient (Wildman–Crippen LogP) is 3.13. The Morgan fingerprint density at radius 2 is 1.91 bits per heavy atom. The third-order valence-electron chi connectivity index (χ3n) is 3.29. The van der Waals surface area contributed by atoms with Gasteiger partial charge in [0.15, 0.2) is 5.82 Å². The van der Waals surface area contributed by atoms with Gasteiger partial charge in [-0.15, -0.1) is 5.10 Å². The van der Waals surface area contributed by atoms with Crippen LogP contribution in [-0.2, 0) is 6.54 Å². The van der Waals surface area contributed by atoms with Crippen molar-refractivity contribution in [2.24, 2.45) is 5.73 Å². The number of nitrogens with two attached hydrogens (primary N) is 1. The minimum absolute atomic E-state index is 0.0313. The number of nitrogens with zero attached hydrogens (tertiary/aromatic N) is 2. The lowest BCUT2D eigenvalue weighted by Crippen LogP contribution is -2.16. The van der Waals surface area contributed by atoms with Crippen molar-refractivity contribution in [3.63, 3.8) is 0 Å². The van der Waals surface area contributed by atoms with Crippen LogP contribution < -0.4 is 11.4 Å². The zero-order chi connectivity index (χ0) is 16.6. The molecule has 0 fully saturated rings. The SMILES string of the molecule is NCc1ccc(Cl)c(-c2nn(-c3ccc(Cl)c(F)c3)c(=O)[nH]2)c1. The van der Waals surface area contributed by atoms with Gasteiger partial charge in [0.1, 0.15) is 5.82 Å². The summed E-state index contributed by atoms with van der Waals surface area (Å²) in [5.41, 5.74) is 6.73. The van der Waals surface area contributed by atoms with E-state index in [9.17, 15) is 9.18 Å². The van der Waals surface area contributed by atoms with Gasteiger partial charge in [-0.25, -0.2) is 9.18 Å². The number of aromatic nitrogens is 3. The van der Waals surface area contributed by atoms with Crippen LogP contribution in [0, 0.1) is 5.82 Å². The Balaban J connectivity index is 2.11. The monoisotopic (exact) mass is 352 g/mol. The molecule has 0 aliphatic carbocycles. The molecule has 118 valence electrons. The Morgan fingerprint density at radius 3 is 2.61 bits per heavy atom.